The van der Waals surface area contributed by atoms with Crippen LogP contribution >= 0.6 is 0 Å². The molecule has 6 aromatic rings. The summed E-state index contributed by atoms with van der Waals surface area (Å²) in [6, 6.07) is 18.1. The number of fused-ring (bicyclic) bond motifs is 2. The summed E-state index contributed by atoms with van der Waals surface area (Å²) in [6.07, 6.45) is 5.05. The predicted molar refractivity (Wildman–Crippen MR) is 212 cm³/mol. The van der Waals surface area contributed by atoms with E-state index in [0.717, 1.165) is 29.0 Å². The molecule has 1 fully saturated rings. The van der Waals surface area contributed by atoms with Crippen LogP contribution < -0.4 is 27.2 Å². The van der Waals surface area contributed by atoms with Crippen molar-refractivity contribution in [2.75, 3.05) is 6.54 Å². The highest BCUT2D eigenvalue weighted by molar-refractivity contribution is 5.93. The normalized spacial score (nSPS) is 16.4. The molecule has 1 unspecified atom stereocenters. The van der Waals surface area contributed by atoms with Crippen molar-refractivity contribution in [1.29, 1.82) is 0 Å². The Labute approximate surface area is 326 Å². The maximum Gasteiger partial charge on any atom is 0.404 e. The molecule has 15 heteroatoms. The minimum atomic E-state index is -1.04. The Balaban J connectivity index is 1.08. The van der Waals surface area contributed by atoms with Crippen LogP contribution in [-0.4, -0.2) is 59.2 Å². The lowest BCUT2D eigenvalue weighted by Crippen LogP contribution is -2.45. The van der Waals surface area contributed by atoms with Crippen molar-refractivity contribution in [3.05, 3.63) is 129 Å². The first kappa shape index (κ1) is 39.0. The Bertz CT molecular complexity index is 2570. The first-order valence-corrected chi connectivity index (χ1v) is 18.9. The van der Waals surface area contributed by atoms with Gasteiger partial charge in [-0.05, 0) is 91.1 Å². The molecule has 57 heavy (non-hydrogen) atoms. The van der Waals surface area contributed by atoms with E-state index < -0.39 is 40.9 Å². The Morgan fingerprint density at radius 3 is 2.40 bits per heavy atom. The minimum absolute atomic E-state index is 0.0249. The van der Waals surface area contributed by atoms with Crippen LogP contribution in [0.2, 0.25) is 0 Å². The zero-order valence-electron chi connectivity index (χ0n) is 31.8. The van der Waals surface area contributed by atoms with Crippen molar-refractivity contribution in [2.45, 2.75) is 77.5 Å². The molecule has 1 atom stereocenters. The maximum absolute atomic E-state index is 14.6. The summed E-state index contributed by atoms with van der Waals surface area (Å²) in [7, 11) is 0. The number of aromatic nitrogens is 5. The van der Waals surface area contributed by atoms with E-state index in [1.54, 1.807) is 6.07 Å². The molecule has 1 aliphatic carbocycles. The van der Waals surface area contributed by atoms with E-state index in [9.17, 15) is 33.1 Å². The average Bonchev–Trinajstić information content (AvgIpc) is 3.60. The SMILES string of the molecule is CC(C)(C)C(CCNCc1ccc(-c2cccc(-n3c(=O)n([C@H]4CC[C@@H](NC(=O)c5cn6cc(F)ccc6n5)CC4)c(=O)c4cc(F)cnc43)c2)cc1)NC(=O)O. The van der Waals surface area contributed by atoms with Gasteiger partial charge < -0.3 is 25.5 Å². The number of amides is 2. The average molecular weight is 779 g/mol. The molecule has 1 aliphatic rings. The van der Waals surface area contributed by atoms with E-state index in [1.807, 2.05) is 63.2 Å². The summed E-state index contributed by atoms with van der Waals surface area (Å²) >= 11 is 0. The van der Waals surface area contributed by atoms with Gasteiger partial charge in [0, 0.05) is 37.1 Å². The zero-order valence-corrected chi connectivity index (χ0v) is 31.8. The molecular formula is C42H44F2N8O5. The Hall–Kier alpha value is -6.22. The van der Waals surface area contributed by atoms with Crippen LogP contribution in [0.4, 0.5) is 13.6 Å². The van der Waals surface area contributed by atoms with Gasteiger partial charge in [0.25, 0.3) is 11.5 Å². The number of hydrogen-bond donors (Lipinski definition) is 4. The largest absolute Gasteiger partial charge is 0.465 e. The van der Waals surface area contributed by atoms with Crippen molar-refractivity contribution < 1.29 is 23.5 Å². The molecule has 2 amide bonds. The van der Waals surface area contributed by atoms with Gasteiger partial charge in [-0.3, -0.25) is 14.2 Å². The number of carboxylic acid groups (broad SMARTS) is 1. The van der Waals surface area contributed by atoms with Gasteiger partial charge in [-0.25, -0.2) is 32.9 Å². The summed E-state index contributed by atoms with van der Waals surface area (Å²) in [4.78, 5) is 61.0. The standard InChI is InChI=1S/C42H44F2N8O5/c1-42(2,3)35(49-40(55)56)17-18-45-21-25-7-9-26(10-8-25)27-5-4-6-32(19-27)51-37-33(20-29(44)22-46-37)39(54)52(41(51)57)31-14-12-30(13-15-31)47-38(53)34-24-50-23-28(43)11-16-36(50)48-34/h4-11,16,19-20,22-24,30-31,35,45,49H,12-15,17-18,21H2,1-3H3,(H,47,53)(H,55,56)/t30-,31+,35?. The molecule has 4 heterocycles. The Morgan fingerprint density at radius 1 is 0.930 bits per heavy atom. The van der Waals surface area contributed by atoms with Crippen LogP contribution in [0.15, 0.2) is 94.9 Å². The molecule has 296 valence electrons. The first-order valence-electron chi connectivity index (χ1n) is 18.9. The number of carbonyl (C=O) groups excluding carboxylic acids is 1. The highest BCUT2D eigenvalue weighted by atomic mass is 19.1. The molecule has 0 spiro atoms. The highest BCUT2D eigenvalue weighted by Gasteiger charge is 2.29. The van der Waals surface area contributed by atoms with Crippen LogP contribution in [-0.2, 0) is 6.54 Å². The number of benzene rings is 2. The van der Waals surface area contributed by atoms with Gasteiger partial charge in [-0.2, -0.15) is 0 Å². The monoisotopic (exact) mass is 778 g/mol. The molecule has 1 saturated carbocycles. The predicted octanol–water partition coefficient (Wildman–Crippen LogP) is 6.22. The summed E-state index contributed by atoms with van der Waals surface area (Å²) in [5.41, 5.74) is 2.38. The fourth-order valence-corrected chi connectivity index (χ4v) is 7.54. The smallest absolute Gasteiger partial charge is 0.404 e. The Morgan fingerprint density at radius 2 is 1.68 bits per heavy atom. The number of nitrogens with zero attached hydrogens (tertiary/aromatic N) is 5. The van der Waals surface area contributed by atoms with Crippen molar-refractivity contribution in [2.24, 2.45) is 5.41 Å². The van der Waals surface area contributed by atoms with Crippen LogP contribution in [0.25, 0.3) is 33.5 Å². The van der Waals surface area contributed by atoms with Gasteiger partial charge in [-0.1, -0.05) is 57.2 Å². The molecular weight excluding hydrogens is 735 g/mol. The third-order valence-electron chi connectivity index (χ3n) is 10.6. The minimum Gasteiger partial charge on any atom is -0.465 e. The van der Waals surface area contributed by atoms with E-state index in [-0.39, 0.29) is 34.2 Å². The number of halogens is 2. The second-order valence-corrected chi connectivity index (χ2v) is 15.6. The van der Waals surface area contributed by atoms with Crippen LogP contribution in [0.3, 0.4) is 0 Å². The fraction of sp³-hybridized carbons (Fsp3) is 0.333. The maximum atomic E-state index is 14.6. The lowest BCUT2D eigenvalue weighted by molar-refractivity contribution is 0.0917. The second-order valence-electron chi connectivity index (χ2n) is 15.6. The second kappa shape index (κ2) is 16.1. The summed E-state index contributed by atoms with van der Waals surface area (Å²) in [5.74, 6) is -1.56. The molecule has 0 radical (unpaired) electrons. The Kier molecular flexibility index (Phi) is 11.0. The first-order chi connectivity index (χ1) is 27.2. The summed E-state index contributed by atoms with van der Waals surface area (Å²) in [6.45, 7) is 7.22. The number of hydrogen-bond acceptors (Lipinski definition) is 7. The lowest BCUT2D eigenvalue weighted by atomic mass is 9.85. The van der Waals surface area contributed by atoms with Gasteiger partial charge in [0.2, 0.25) is 0 Å². The topological polar surface area (TPSA) is 165 Å². The van der Waals surface area contributed by atoms with E-state index in [0.29, 0.717) is 56.5 Å². The van der Waals surface area contributed by atoms with Gasteiger partial charge >= 0.3 is 11.8 Å². The molecule has 4 N–H and O–H groups in total. The molecule has 0 aliphatic heterocycles. The zero-order chi connectivity index (χ0) is 40.4. The van der Waals surface area contributed by atoms with Crippen LogP contribution in [0.5, 0.6) is 0 Å². The number of rotatable bonds is 11. The van der Waals surface area contributed by atoms with E-state index >= 15 is 0 Å². The van der Waals surface area contributed by atoms with Gasteiger partial charge in [0.1, 0.15) is 23.0 Å². The van der Waals surface area contributed by atoms with Gasteiger partial charge in [0.15, 0.2) is 5.65 Å². The van der Waals surface area contributed by atoms with E-state index in [4.69, 9.17) is 0 Å². The molecule has 7 rings (SSSR count). The molecule has 13 nitrogen and oxygen atoms in total. The van der Waals surface area contributed by atoms with Gasteiger partial charge in [0.05, 0.1) is 17.3 Å². The molecule has 0 saturated heterocycles. The number of pyridine rings is 2. The van der Waals surface area contributed by atoms with Crippen molar-refractivity contribution in [1.82, 2.24) is 39.5 Å². The van der Waals surface area contributed by atoms with Crippen molar-refractivity contribution in [3.8, 4) is 16.8 Å². The number of nitrogens with one attached hydrogen (secondary N) is 3. The lowest BCUT2D eigenvalue weighted by Gasteiger charge is -2.30. The third-order valence-corrected chi connectivity index (χ3v) is 10.6. The number of imidazole rings is 1. The molecule has 0 bridgehead atoms. The summed E-state index contributed by atoms with van der Waals surface area (Å²) < 4.78 is 32.2. The fourth-order valence-electron chi connectivity index (χ4n) is 7.54. The molecule has 2 aromatic carbocycles. The van der Waals surface area contributed by atoms with E-state index in [1.165, 1.54) is 38.1 Å². The third kappa shape index (κ3) is 8.63. The van der Waals surface area contributed by atoms with Crippen molar-refractivity contribution in [3.63, 3.8) is 0 Å². The van der Waals surface area contributed by atoms with E-state index in [2.05, 4.69) is 25.9 Å². The quantitative estimate of drug-likeness (QED) is 0.113. The van der Waals surface area contributed by atoms with Crippen LogP contribution in [0, 0.1) is 17.0 Å². The van der Waals surface area contributed by atoms with Crippen molar-refractivity contribution >= 4 is 28.7 Å². The van der Waals surface area contributed by atoms with Crippen LogP contribution in [0.1, 0.15) is 75.0 Å². The molecule has 4 aromatic heterocycles. The highest BCUT2D eigenvalue weighted by Crippen LogP contribution is 2.29. The van der Waals surface area contributed by atoms with Gasteiger partial charge in [-0.15, -0.1) is 0 Å². The summed E-state index contributed by atoms with van der Waals surface area (Å²) in [5, 5.41) is 18.2. The number of carbonyl (C=O) groups is 2.